The summed E-state index contributed by atoms with van der Waals surface area (Å²) in [5, 5.41) is 13.2. The normalized spacial score (nSPS) is 19.2. The van der Waals surface area contributed by atoms with Crippen molar-refractivity contribution in [2.75, 3.05) is 25.0 Å². The third-order valence-electron chi connectivity index (χ3n) is 5.83. The molecule has 8 nitrogen and oxygen atoms in total. The predicted molar refractivity (Wildman–Crippen MR) is 125 cm³/mol. The first-order valence-electron chi connectivity index (χ1n) is 11.1. The second-order valence-corrected chi connectivity index (χ2v) is 10.8. The Bertz CT molecular complexity index is 1040. The van der Waals surface area contributed by atoms with Gasteiger partial charge < -0.3 is 20.2 Å². The molecule has 1 atom stereocenters. The highest BCUT2D eigenvalue weighted by molar-refractivity contribution is 7.17. The van der Waals surface area contributed by atoms with Crippen LogP contribution in [0.3, 0.4) is 0 Å². The van der Waals surface area contributed by atoms with Gasteiger partial charge in [0.25, 0.3) is 11.8 Å². The molecule has 9 heteroatoms. The summed E-state index contributed by atoms with van der Waals surface area (Å²) in [5.41, 5.74) is 1.95. The lowest BCUT2D eigenvalue weighted by Gasteiger charge is -2.35. The van der Waals surface area contributed by atoms with Crippen LogP contribution in [0, 0.1) is 6.92 Å². The number of hydrogen-bond acceptors (Lipinski definition) is 7. The number of carbonyl (C=O) groups excluding carboxylic acids is 2. The number of hydrogen-bond donors (Lipinski definition) is 2. The standard InChI is InChI=1S/C23H31N5O3S/c1-13-9-17(26-23(3,4)5)24-10-16(13)19-18(21(30)28-8-6-7-14(28)2)25-20(32-19)22(31)27-11-15(29)12-27/h9-10,14-15,29H,6-8,11-12H2,1-5H3,(H,24,26)/t14-/m0/s1. The molecule has 2 amide bonds. The van der Waals surface area contributed by atoms with Crippen molar-refractivity contribution < 1.29 is 14.7 Å². The maximum absolute atomic E-state index is 13.4. The summed E-state index contributed by atoms with van der Waals surface area (Å²) in [7, 11) is 0. The van der Waals surface area contributed by atoms with Crippen LogP contribution >= 0.6 is 11.3 Å². The molecule has 0 aliphatic carbocycles. The summed E-state index contributed by atoms with van der Waals surface area (Å²) < 4.78 is 0. The van der Waals surface area contributed by atoms with Crippen LogP contribution in [0.2, 0.25) is 0 Å². The van der Waals surface area contributed by atoms with Crippen molar-refractivity contribution in [2.24, 2.45) is 0 Å². The zero-order valence-corrected chi connectivity index (χ0v) is 20.1. The lowest BCUT2D eigenvalue weighted by atomic mass is 10.1. The molecule has 0 unspecified atom stereocenters. The van der Waals surface area contributed by atoms with Gasteiger partial charge in [-0.2, -0.15) is 0 Å². The fourth-order valence-corrected chi connectivity index (χ4v) is 5.21. The second-order valence-electron chi connectivity index (χ2n) is 9.81. The van der Waals surface area contributed by atoms with Gasteiger partial charge in [-0.3, -0.25) is 9.59 Å². The number of β-amino-alcohol motifs (C(OH)–C–C–N with tert-alkyl or cyclic N) is 1. The van der Waals surface area contributed by atoms with E-state index in [9.17, 15) is 14.7 Å². The molecule has 2 aliphatic heterocycles. The highest BCUT2D eigenvalue weighted by Gasteiger charge is 2.35. The van der Waals surface area contributed by atoms with Crippen LogP contribution in [0.25, 0.3) is 10.4 Å². The first-order chi connectivity index (χ1) is 15.0. The zero-order valence-electron chi connectivity index (χ0n) is 19.3. The van der Waals surface area contributed by atoms with Gasteiger partial charge in [0.2, 0.25) is 0 Å². The van der Waals surface area contributed by atoms with E-state index < -0.39 is 6.10 Å². The van der Waals surface area contributed by atoms with E-state index in [4.69, 9.17) is 0 Å². The van der Waals surface area contributed by atoms with E-state index in [0.717, 1.165) is 29.8 Å². The van der Waals surface area contributed by atoms with E-state index in [2.05, 4.69) is 36.1 Å². The lowest BCUT2D eigenvalue weighted by molar-refractivity contribution is 0.00586. The molecular formula is C23H31N5O3S. The highest BCUT2D eigenvalue weighted by Crippen LogP contribution is 2.36. The maximum atomic E-state index is 13.4. The van der Waals surface area contributed by atoms with Crippen LogP contribution in [-0.4, -0.2) is 74.0 Å². The van der Waals surface area contributed by atoms with E-state index in [1.54, 1.807) is 11.1 Å². The summed E-state index contributed by atoms with van der Waals surface area (Å²) in [5.74, 6) is 0.377. The molecule has 4 heterocycles. The topological polar surface area (TPSA) is 98.7 Å². The number of carbonyl (C=O) groups is 2. The Morgan fingerprint density at radius 1 is 1.25 bits per heavy atom. The summed E-state index contributed by atoms with van der Waals surface area (Å²) in [6.07, 6.45) is 3.20. The molecule has 2 N–H and O–H groups in total. The molecule has 2 aliphatic rings. The Labute approximate surface area is 192 Å². The molecular weight excluding hydrogens is 426 g/mol. The number of thiazole rings is 1. The molecule has 4 rings (SSSR count). The van der Waals surface area contributed by atoms with Crippen LogP contribution in [0.15, 0.2) is 12.3 Å². The fourth-order valence-electron chi connectivity index (χ4n) is 4.11. The average Bonchev–Trinajstić information content (AvgIpc) is 3.30. The van der Waals surface area contributed by atoms with E-state index in [1.807, 2.05) is 24.8 Å². The van der Waals surface area contributed by atoms with Gasteiger partial charge in [-0.25, -0.2) is 9.97 Å². The largest absolute Gasteiger partial charge is 0.389 e. The van der Waals surface area contributed by atoms with Gasteiger partial charge in [-0.05, 0) is 59.1 Å². The fraction of sp³-hybridized carbons (Fsp3) is 0.565. The van der Waals surface area contributed by atoms with E-state index >= 15 is 0 Å². The molecule has 2 aromatic rings. The number of aliphatic hydroxyl groups is 1. The second kappa shape index (κ2) is 8.44. The van der Waals surface area contributed by atoms with Crippen LogP contribution < -0.4 is 5.32 Å². The van der Waals surface area contributed by atoms with Crippen molar-refractivity contribution in [2.45, 2.75) is 65.1 Å². The van der Waals surface area contributed by atoms with Crippen molar-refractivity contribution >= 4 is 29.0 Å². The monoisotopic (exact) mass is 457 g/mol. The first kappa shape index (κ1) is 22.7. The van der Waals surface area contributed by atoms with Gasteiger partial charge in [0, 0.05) is 43.0 Å². The molecule has 2 aromatic heterocycles. The van der Waals surface area contributed by atoms with Crippen molar-refractivity contribution in [3.05, 3.63) is 28.5 Å². The van der Waals surface area contributed by atoms with Gasteiger partial charge in [0.1, 0.15) is 11.5 Å². The molecule has 172 valence electrons. The van der Waals surface area contributed by atoms with Crippen molar-refractivity contribution in [3.8, 4) is 10.4 Å². The van der Waals surface area contributed by atoms with Crippen LogP contribution in [0.5, 0.6) is 0 Å². The number of pyridine rings is 1. The Morgan fingerprint density at radius 3 is 2.53 bits per heavy atom. The molecule has 2 saturated heterocycles. The van der Waals surface area contributed by atoms with Gasteiger partial charge in [0.15, 0.2) is 5.01 Å². The molecule has 2 fully saturated rings. The maximum Gasteiger partial charge on any atom is 0.283 e. The van der Waals surface area contributed by atoms with Gasteiger partial charge >= 0.3 is 0 Å². The number of rotatable bonds is 4. The minimum atomic E-state index is -0.487. The third-order valence-corrected chi connectivity index (χ3v) is 6.91. The van der Waals surface area contributed by atoms with Crippen LogP contribution in [0.4, 0.5) is 5.82 Å². The van der Waals surface area contributed by atoms with Crippen molar-refractivity contribution in [1.29, 1.82) is 0 Å². The van der Waals surface area contributed by atoms with E-state index in [0.29, 0.717) is 30.2 Å². The molecule has 32 heavy (non-hydrogen) atoms. The van der Waals surface area contributed by atoms with Crippen molar-refractivity contribution in [3.63, 3.8) is 0 Å². The third kappa shape index (κ3) is 4.49. The van der Waals surface area contributed by atoms with Crippen LogP contribution in [0.1, 0.15) is 66.4 Å². The van der Waals surface area contributed by atoms with Gasteiger partial charge in [-0.15, -0.1) is 11.3 Å². The van der Waals surface area contributed by atoms with Crippen molar-refractivity contribution in [1.82, 2.24) is 19.8 Å². The summed E-state index contributed by atoms with van der Waals surface area (Å²) in [4.78, 5) is 39.5. The number of aryl methyl sites for hydroxylation is 1. The summed E-state index contributed by atoms with van der Waals surface area (Å²) in [6, 6.07) is 2.11. The first-order valence-corrected chi connectivity index (χ1v) is 11.9. The predicted octanol–water partition coefficient (Wildman–Crippen LogP) is 3.17. The SMILES string of the molecule is Cc1cc(NC(C)(C)C)ncc1-c1sc(C(=O)N2CC(O)C2)nc1C(=O)N1CCC[C@@H]1C. The Balaban J connectivity index is 1.72. The number of likely N-dealkylation sites (tertiary alicyclic amines) is 2. The summed E-state index contributed by atoms with van der Waals surface area (Å²) in [6.45, 7) is 11.5. The molecule has 0 saturated carbocycles. The van der Waals surface area contributed by atoms with E-state index in [1.165, 1.54) is 11.3 Å². The van der Waals surface area contributed by atoms with Gasteiger partial charge in [-0.1, -0.05) is 0 Å². The number of nitrogens with zero attached hydrogens (tertiary/aromatic N) is 4. The lowest BCUT2D eigenvalue weighted by Crippen LogP contribution is -2.53. The number of aromatic nitrogens is 2. The molecule has 0 aromatic carbocycles. The average molecular weight is 458 g/mol. The number of aliphatic hydroxyl groups excluding tert-OH is 1. The molecule has 0 radical (unpaired) electrons. The number of amides is 2. The Hall–Kier alpha value is -2.52. The number of anilines is 1. The quantitative estimate of drug-likeness (QED) is 0.732. The zero-order chi connectivity index (χ0) is 23.2. The minimum absolute atomic E-state index is 0.125. The number of nitrogens with one attached hydrogen (secondary N) is 1. The Morgan fingerprint density at radius 2 is 1.97 bits per heavy atom. The van der Waals surface area contributed by atoms with Crippen LogP contribution in [-0.2, 0) is 0 Å². The molecule has 0 bridgehead atoms. The van der Waals surface area contributed by atoms with Gasteiger partial charge in [0.05, 0.1) is 11.0 Å². The van der Waals surface area contributed by atoms with E-state index in [-0.39, 0.29) is 28.4 Å². The highest BCUT2D eigenvalue weighted by atomic mass is 32.1. The molecule has 0 spiro atoms. The summed E-state index contributed by atoms with van der Waals surface area (Å²) >= 11 is 1.23. The minimum Gasteiger partial charge on any atom is -0.389 e. The Kier molecular flexibility index (Phi) is 5.98. The smallest absolute Gasteiger partial charge is 0.283 e.